The minimum Gasteiger partial charge on any atom is -0.435 e. The van der Waals surface area contributed by atoms with E-state index >= 15 is 0 Å². The Kier molecular flexibility index (Phi) is 5.40. The topological polar surface area (TPSA) is 153 Å². The second-order valence-electron chi connectivity index (χ2n) is 3.88. The molecular formula is C10H19N5O3. The number of ether oxygens (including phenoxy) is 1. The molecule has 0 radical (unpaired) electrons. The van der Waals surface area contributed by atoms with Crippen LogP contribution in [-0.4, -0.2) is 27.9 Å². The molecular weight excluding hydrogens is 238 g/mol. The molecule has 0 amide bonds. The molecule has 1 rings (SSSR count). The summed E-state index contributed by atoms with van der Waals surface area (Å²) in [4.78, 5) is 17.3. The van der Waals surface area contributed by atoms with Gasteiger partial charge in [0.15, 0.2) is 5.82 Å². The highest BCUT2D eigenvalue weighted by Crippen LogP contribution is 2.11. The number of aromatic amines is 1. The quantitative estimate of drug-likeness (QED) is 0.315. The van der Waals surface area contributed by atoms with Gasteiger partial charge >= 0.3 is 6.01 Å². The first-order valence-electron chi connectivity index (χ1n) is 5.74. The van der Waals surface area contributed by atoms with E-state index in [2.05, 4.69) is 9.97 Å². The van der Waals surface area contributed by atoms with Crippen molar-refractivity contribution >= 4 is 11.5 Å². The van der Waals surface area contributed by atoms with Crippen LogP contribution in [0.25, 0.3) is 0 Å². The van der Waals surface area contributed by atoms with Gasteiger partial charge in [0.25, 0.3) is 5.56 Å². The van der Waals surface area contributed by atoms with Crippen molar-refractivity contribution in [1.29, 1.82) is 0 Å². The minimum atomic E-state index is -1.05. The molecule has 1 atom stereocenters. The summed E-state index contributed by atoms with van der Waals surface area (Å²) in [7, 11) is 0. The average Bonchev–Trinajstić information content (AvgIpc) is 2.31. The van der Waals surface area contributed by atoms with Crippen molar-refractivity contribution < 1.29 is 9.84 Å². The van der Waals surface area contributed by atoms with Crippen molar-refractivity contribution in [2.75, 3.05) is 18.0 Å². The molecule has 0 spiro atoms. The highest BCUT2D eigenvalue weighted by atomic mass is 16.6. The van der Waals surface area contributed by atoms with E-state index in [1.807, 2.05) is 0 Å². The molecule has 8 nitrogen and oxygen atoms in total. The number of nitrogen functional groups attached to an aromatic ring is 2. The van der Waals surface area contributed by atoms with Gasteiger partial charge in [-0.05, 0) is 19.4 Å². The van der Waals surface area contributed by atoms with Gasteiger partial charge in [-0.1, -0.05) is 6.42 Å². The van der Waals surface area contributed by atoms with Crippen LogP contribution >= 0.6 is 0 Å². The lowest BCUT2D eigenvalue weighted by Gasteiger charge is -2.12. The summed E-state index contributed by atoms with van der Waals surface area (Å²) in [6.07, 6.45) is 1.96. The van der Waals surface area contributed by atoms with Gasteiger partial charge in [-0.25, -0.2) is 0 Å². The van der Waals surface area contributed by atoms with Crippen molar-refractivity contribution in [3.8, 4) is 6.01 Å². The Labute approximate surface area is 104 Å². The van der Waals surface area contributed by atoms with Gasteiger partial charge in [-0.2, -0.15) is 4.98 Å². The number of hydrogen-bond acceptors (Lipinski definition) is 7. The van der Waals surface area contributed by atoms with Crippen LogP contribution < -0.4 is 27.5 Å². The minimum absolute atomic E-state index is 0.121. The molecule has 8 N–H and O–H groups in total. The van der Waals surface area contributed by atoms with Gasteiger partial charge in [0.2, 0.25) is 6.29 Å². The standard InChI is InChI=1S/C10H19N5O3/c11-5-3-1-2-4-6(16)18-10-14-8(13)7(12)9(17)15-10/h6,16H,1-5,11-12H2,(H3,13,14,15,17). The fourth-order valence-electron chi connectivity index (χ4n) is 1.36. The molecule has 1 aromatic heterocycles. The lowest BCUT2D eigenvalue weighted by atomic mass is 10.2. The first-order valence-corrected chi connectivity index (χ1v) is 5.74. The molecule has 0 aromatic carbocycles. The number of nitrogens with one attached hydrogen (secondary N) is 1. The zero-order valence-corrected chi connectivity index (χ0v) is 10.1. The third-order valence-electron chi connectivity index (χ3n) is 2.37. The molecule has 0 saturated carbocycles. The molecule has 1 aromatic rings. The maximum Gasteiger partial charge on any atom is 0.300 e. The van der Waals surface area contributed by atoms with Gasteiger partial charge in [0.05, 0.1) is 0 Å². The average molecular weight is 257 g/mol. The van der Waals surface area contributed by atoms with E-state index in [1.54, 1.807) is 0 Å². The Hall–Kier alpha value is -1.80. The molecule has 1 unspecified atom stereocenters. The number of H-pyrrole nitrogens is 1. The third kappa shape index (κ3) is 4.22. The molecule has 102 valence electrons. The highest BCUT2D eigenvalue weighted by Gasteiger charge is 2.10. The normalized spacial score (nSPS) is 12.3. The Morgan fingerprint density at radius 3 is 2.67 bits per heavy atom. The van der Waals surface area contributed by atoms with Gasteiger partial charge < -0.3 is 27.0 Å². The summed E-state index contributed by atoms with van der Waals surface area (Å²) < 4.78 is 5.03. The van der Waals surface area contributed by atoms with Crippen molar-refractivity contribution in [1.82, 2.24) is 9.97 Å². The zero-order chi connectivity index (χ0) is 13.5. The number of nitrogens with two attached hydrogens (primary N) is 3. The van der Waals surface area contributed by atoms with Gasteiger partial charge in [-0.3, -0.25) is 9.78 Å². The largest absolute Gasteiger partial charge is 0.435 e. The second kappa shape index (κ2) is 6.82. The molecule has 0 bridgehead atoms. The highest BCUT2D eigenvalue weighted by molar-refractivity contribution is 5.56. The van der Waals surface area contributed by atoms with Gasteiger partial charge in [0.1, 0.15) is 5.69 Å². The lowest BCUT2D eigenvalue weighted by Crippen LogP contribution is -2.22. The summed E-state index contributed by atoms with van der Waals surface area (Å²) in [5.74, 6) is -0.121. The van der Waals surface area contributed by atoms with Crippen LogP contribution in [0.3, 0.4) is 0 Å². The summed E-state index contributed by atoms with van der Waals surface area (Å²) in [5, 5.41) is 9.57. The molecule has 1 heterocycles. The van der Waals surface area contributed by atoms with E-state index in [0.717, 1.165) is 19.3 Å². The number of aromatic nitrogens is 2. The van der Waals surface area contributed by atoms with Gasteiger partial charge in [0, 0.05) is 6.42 Å². The number of unbranched alkanes of at least 4 members (excludes halogenated alkanes) is 2. The lowest BCUT2D eigenvalue weighted by molar-refractivity contribution is -0.0309. The van der Waals surface area contributed by atoms with E-state index in [-0.39, 0.29) is 17.5 Å². The predicted octanol–water partition coefficient (Wildman–Crippen LogP) is -0.849. The van der Waals surface area contributed by atoms with Crippen molar-refractivity contribution in [3.63, 3.8) is 0 Å². The molecule has 0 saturated heterocycles. The van der Waals surface area contributed by atoms with Gasteiger partial charge in [-0.15, -0.1) is 0 Å². The molecule has 18 heavy (non-hydrogen) atoms. The summed E-state index contributed by atoms with van der Waals surface area (Å²) >= 11 is 0. The van der Waals surface area contributed by atoms with E-state index in [4.69, 9.17) is 21.9 Å². The maximum atomic E-state index is 11.3. The van der Waals surface area contributed by atoms with E-state index < -0.39 is 11.8 Å². The first-order chi connectivity index (χ1) is 8.54. The summed E-state index contributed by atoms with van der Waals surface area (Å²) in [6, 6.07) is -0.141. The Balaban J connectivity index is 2.49. The first kappa shape index (κ1) is 14.3. The molecule has 0 fully saturated rings. The van der Waals surface area contributed by atoms with Crippen LogP contribution in [0, 0.1) is 0 Å². The fraction of sp³-hybridized carbons (Fsp3) is 0.600. The maximum absolute atomic E-state index is 11.3. The smallest absolute Gasteiger partial charge is 0.300 e. The Morgan fingerprint density at radius 1 is 1.33 bits per heavy atom. The molecule has 0 aliphatic heterocycles. The zero-order valence-electron chi connectivity index (χ0n) is 10.1. The van der Waals surface area contributed by atoms with Crippen LogP contribution in [0.1, 0.15) is 25.7 Å². The Morgan fingerprint density at radius 2 is 2.06 bits per heavy atom. The van der Waals surface area contributed by atoms with Crippen molar-refractivity contribution in [2.45, 2.75) is 32.0 Å². The molecule has 0 aliphatic rings. The SMILES string of the molecule is NCCCCCC(O)Oc1nc(N)c(N)c(=O)[nH]1. The van der Waals surface area contributed by atoms with Crippen LogP contribution in [0.5, 0.6) is 6.01 Å². The van der Waals surface area contributed by atoms with E-state index in [1.165, 1.54) is 0 Å². The number of nitrogens with zero attached hydrogens (tertiary/aromatic N) is 1. The number of aliphatic hydroxyl groups excluding tert-OH is 1. The third-order valence-corrected chi connectivity index (χ3v) is 2.37. The fourth-order valence-corrected chi connectivity index (χ4v) is 1.36. The Bertz CT molecular complexity index is 434. The van der Waals surface area contributed by atoms with Crippen molar-refractivity contribution in [3.05, 3.63) is 10.4 Å². The summed E-state index contributed by atoms with van der Waals surface area (Å²) in [6.45, 7) is 0.625. The van der Waals surface area contributed by atoms with Crippen LogP contribution in [0.15, 0.2) is 4.79 Å². The number of anilines is 2. The van der Waals surface area contributed by atoms with E-state index in [0.29, 0.717) is 13.0 Å². The predicted molar refractivity (Wildman–Crippen MR) is 67.8 cm³/mol. The number of aliphatic hydroxyl groups is 1. The van der Waals surface area contributed by atoms with Crippen molar-refractivity contribution in [2.24, 2.45) is 5.73 Å². The number of hydrogen-bond donors (Lipinski definition) is 5. The van der Waals surface area contributed by atoms with E-state index in [9.17, 15) is 9.90 Å². The molecule has 8 heteroatoms. The van der Waals surface area contributed by atoms with Crippen LogP contribution in [-0.2, 0) is 0 Å². The van der Waals surface area contributed by atoms with Crippen LogP contribution in [0.2, 0.25) is 0 Å². The summed E-state index contributed by atoms with van der Waals surface area (Å²) in [5.41, 5.74) is 15.3. The monoisotopic (exact) mass is 257 g/mol. The number of rotatable bonds is 7. The van der Waals surface area contributed by atoms with Crippen LogP contribution in [0.4, 0.5) is 11.5 Å². The molecule has 0 aliphatic carbocycles. The second-order valence-corrected chi connectivity index (χ2v) is 3.88.